The van der Waals surface area contributed by atoms with Gasteiger partial charge in [-0.3, -0.25) is 0 Å². The minimum atomic E-state index is -1.56. The van der Waals surface area contributed by atoms with Gasteiger partial charge < -0.3 is 20.3 Å². The number of rotatable bonds is 5. The Labute approximate surface area is 100 Å². The summed E-state index contributed by atoms with van der Waals surface area (Å²) in [6, 6.07) is 6.77. The summed E-state index contributed by atoms with van der Waals surface area (Å²) >= 11 is 0. The molecule has 1 aromatic carbocycles. The number of benzene rings is 1. The van der Waals surface area contributed by atoms with Crippen molar-refractivity contribution in [3.8, 4) is 0 Å². The molecule has 0 radical (unpaired) electrons. The fourth-order valence-corrected chi connectivity index (χ4v) is 1.39. The Hall–Kier alpha value is -1.59. The van der Waals surface area contributed by atoms with E-state index in [2.05, 4.69) is 10.1 Å². The highest BCUT2D eigenvalue weighted by Crippen LogP contribution is 2.19. The Kier molecular flexibility index (Phi) is 4.93. The van der Waals surface area contributed by atoms with Gasteiger partial charge in [0.1, 0.15) is 6.10 Å². The molecule has 1 rings (SSSR count). The fraction of sp³-hybridized carbons (Fsp3) is 0.417. The van der Waals surface area contributed by atoms with E-state index in [-0.39, 0.29) is 6.61 Å². The van der Waals surface area contributed by atoms with Gasteiger partial charge in [-0.25, -0.2) is 4.79 Å². The largest absolute Gasteiger partial charge is 0.464 e. The molecule has 0 bridgehead atoms. The summed E-state index contributed by atoms with van der Waals surface area (Å²) in [6.45, 7) is 1.81. The van der Waals surface area contributed by atoms with Gasteiger partial charge in [0, 0.05) is 12.7 Å². The van der Waals surface area contributed by atoms with Crippen LogP contribution in [0.15, 0.2) is 24.3 Å². The molecule has 5 heteroatoms. The van der Waals surface area contributed by atoms with Crippen LogP contribution in [0.1, 0.15) is 18.6 Å². The summed E-state index contributed by atoms with van der Waals surface area (Å²) in [4.78, 5) is 11.2. The minimum Gasteiger partial charge on any atom is -0.464 e. The van der Waals surface area contributed by atoms with E-state index in [0.29, 0.717) is 5.56 Å². The van der Waals surface area contributed by atoms with E-state index in [4.69, 9.17) is 0 Å². The molecule has 0 fully saturated rings. The Balaban J connectivity index is 2.73. The monoisotopic (exact) mass is 239 g/mol. The number of nitrogens with one attached hydrogen (secondary N) is 1. The highest BCUT2D eigenvalue weighted by atomic mass is 16.5. The van der Waals surface area contributed by atoms with Gasteiger partial charge in [-0.2, -0.15) is 0 Å². The first-order valence-corrected chi connectivity index (χ1v) is 5.40. The lowest BCUT2D eigenvalue weighted by Crippen LogP contribution is -2.29. The van der Waals surface area contributed by atoms with Crippen molar-refractivity contribution in [1.82, 2.24) is 0 Å². The van der Waals surface area contributed by atoms with Gasteiger partial charge in [0.25, 0.3) is 0 Å². The van der Waals surface area contributed by atoms with Crippen molar-refractivity contribution < 1.29 is 19.7 Å². The molecule has 0 aromatic heterocycles. The van der Waals surface area contributed by atoms with Crippen molar-refractivity contribution in [2.45, 2.75) is 19.1 Å². The van der Waals surface area contributed by atoms with Crippen molar-refractivity contribution in [3.63, 3.8) is 0 Å². The molecule has 0 aliphatic rings. The summed E-state index contributed by atoms with van der Waals surface area (Å²) in [6.07, 6.45) is -2.84. The number of hydrogen-bond donors (Lipinski definition) is 3. The number of esters is 1. The van der Waals surface area contributed by atoms with Crippen LogP contribution in [-0.2, 0) is 9.53 Å². The maximum atomic E-state index is 11.2. The van der Waals surface area contributed by atoms with Crippen LogP contribution in [0.25, 0.3) is 0 Å². The zero-order chi connectivity index (χ0) is 12.8. The summed E-state index contributed by atoms with van der Waals surface area (Å²) in [5.41, 5.74) is 1.34. The van der Waals surface area contributed by atoms with Gasteiger partial charge in [-0.05, 0) is 24.6 Å². The first kappa shape index (κ1) is 13.5. The summed E-state index contributed by atoms with van der Waals surface area (Å²) in [7, 11) is 1.78. The van der Waals surface area contributed by atoms with Gasteiger partial charge in [-0.15, -0.1) is 0 Å². The average Bonchev–Trinajstić information content (AvgIpc) is 2.37. The Morgan fingerprint density at radius 1 is 1.35 bits per heavy atom. The molecule has 0 aliphatic heterocycles. The third-order valence-corrected chi connectivity index (χ3v) is 2.37. The fourth-order valence-electron chi connectivity index (χ4n) is 1.39. The average molecular weight is 239 g/mol. The minimum absolute atomic E-state index is 0.168. The van der Waals surface area contributed by atoms with Crippen molar-refractivity contribution in [2.75, 3.05) is 19.0 Å². The van der Waals surface area contributed by atoms with E-state index < -0.39 is 18.2 Å². The molecule has 5 nitrogen and oxygen atoms in total. The van der Waals surface area contributed by atoms with Gasteiger partial charge in [0.05, 0.1) is 6.61 Å². The summed E-state index contributed by atoms with van der Waals surface area (Å²) in [5, 5.41) is 22.3. The smallest absolute Gasteiger partial charge is 0.338 e. The molecule has 0 aliphatic carbocycles. The molecular weight excluding hydrogens is 222 g/mol. The van der Waals surface area contributed by atoms with Crippen LogP contribution in [-0.4, -0.2) is 35.9 Å². The van der Waals surface area contributed by atoms with E-state index in [1.165, 1.54) is 0 Å². The highest BCUT2D eigenvalue weighted by Gasteiger charge is 2.26. The second kappa shape index (κ2) is 6.22. The van der Waals surface area contributed by atoms with E-state index in [0.717, 1.165) is 5.69 Å². The molecule has 0 saturated heterocycles. The first-order chi connectivity index (χ1) is 8.10. The lowest BCUT2D eigenvalue weighted by Gasteiger charge is -2.16. The number of ether oxygens (including phenoxy) is 1. The quantitative estimate of drug-likeness (QED) is 0.659. The van der Waals surface area contributed by atoms with Gasteiger partial charge in [0.15, 0.2) is 6.10 Å². The van der Waals surface area contributed by atoms with E-state index in [1.807, 2.05) is 0 Å². The predicted molar refractivity (Wildman–Crippen MR) is 63.6 cm³/mol. The molecule has 0 spiro atoms. The maximum absolute atomic E-state index is 11.2. The molecule has 2 atom stereocenters. The lowest BCUT2D eigenvalue weighted by atomic mass is 10.0. The maximum Gasteiger partial charge on any atom is 0.338 e. The Bertz CT molecular complexity index is 363. The third kappa shape index (κ3) is 3.44. The van der Waals surface area contributed by atoms with Gasteiger partial charge in [-0.1, -0.05) is 12.1 Å². The second-order valence-electron chi connectivity index (χ2n) is 3.51. The third-order valence-electron chi connectivity index (χ3n) is 2.37. The molecule has 0 amide bonds. The van der Waals surface area contributed by atoms with Crippen molar-refractivity contribution in [3.05, 3.63) is 29.8 Å². The number of carbonyl (C=O) groups is 1. The Morgan fingerprint density at radius 2 is 1.94 bits per heavy atom. The molecule has 3 N–H and O–H groups in total. The molecule has 0 saturated carbocycles. The van der Waals surface area contributed by atoms with Crippen molar-refractivity contribution in [1.29, 1.82) is 0 Å². The zero-order valence-electron chi connectivity index (χ0n) is 9.88. The van der Waals surface area contributed by atoms with E-state index in [1.54, 1.807) is 38.2 Å². The molecule has 94 valence electrons. The van der Waals surface area contributed by atoms with Crippen molar-refractivity contribution in [2.24, 2.45) is 0 Å². The van der Waals surface area contributed by atoms with Crippen molar-refractivity contribution >= 4 is 11.7 Å². The number of hydrogen-bond acceptors (Lipinski definition) is 5. The number of aliphatic hydroxyl groups is 2. The summed E-state index contributed by atoms with van der Waals surface area (Å²) < 4.78 is 4.63. The van der Waals surface area contributed by atoms with Crippen LogP contribution in [0.5, 0.6) is 0 Å². The van der Waals surface area contributed by atoms with Crippen LogP contribution in [0, 0.1) is 0 Å². The van der Waals surface area contributed by atoms with Gasteiger partial charge >= 0.3 is 5.97 Å². The standard InChI is InChI=1S/C12H17NO4/c1-3-17-12(16)11(15)10(14)8-4-6-9(13-2)7-5-8/h4-7,10-11,13-15H,3H2,1-2H3. The van der Waals surface area contributed by atoms with Crippen LogP contribution in [0.2, 0.25) is 0 Å². The lowest BCUT2D eigenvalue weighted by molar-refractivity contribution is -0.159. The topological polar surface area (TPSA) is 78.8 Å². The molecule has 2 unspecified atom stereocenters. The normalized spacial score (nSPS) is 13.9. The zero-order valence-corrected chi connectivity index (χ0v) is 9.88. The molecule has 1 aromatic rings. The molecule has 17 heavy (non-hydrogen) atoms. The predicted octanol–water partition coefficient (Wildman–Crippen LogP) is 0.686. The second-order valence-corrected chi connectivity index (χ2v) is 3.51. The highest BCUT2D eigenvalue weighted by molar-refractivity contribution is 5.75. The molecular formula is C12H17NO4. The van der Waals surface area contributed by atoms with E-state index >= 15 is 0 Å². The van der Waals surface area contributed by atoms with Crippen LogP contribution in [0.3, 0.4) is 0 Å². The van der Waals surface area contributed by atoms with Crippen LogP contribution >= 0.6 is 0 Å². The van der Waals surface area contributed by atoms with Gasteiger partial charge in [0.2, 0.25) is 0 Å². The SMILES string of the molecule is CCOC(=O)C(O)C(O)c1ccc(NC)cc1. The van der Waals surface area contributed by atoms with E-state index in [9.17, 15) is 15.0 Å². The summed E-state index contributed by atoms with van der Waals surface area (Å²) in [5.74, 6) is -0.822. The van der Waals surface area contributed by atoms with Crippen LogP contribution < -0.4 is 5.32 Å². The number of carbonyl (C=O) groups excluding carboxylic acids is 1. The Morgan fingerprint density at radius 3 is 2.41 bits per heavy atom. The van der Waals surface area contributed by atoms with Crippen LogP contribution in [0.4, 0.5) is 5.69 Å². The molecule has 0 heterocycles. The first-order valence-electron chi connectivity index (χ1n) is 5.40. The number of aliphatic hydroxyl groups excluding tert-OH is 2. The number of anilines is 1.